The third-order valence-corrected chi connectivity index (χ3v) is 5.25. The topological polar surface area (TPSA) is 47.5 Å². The minimum absolute atomic E-state index is 0.122. The van der Waals surface area contributed by atoms with Crippen molar-refractivity contribution in [2.24, 2.45) is 0 Å². The Balaban J connectivity index is 1.90. The van der Waals surface area contributed by atoms with E-state index in [0.29, 0.717) is 18.0 Å². The van der Waals surface area contributed by atoms with Gasteiger partial charge in [0.15, 0.2) is 5.82 Å². The van der Waals surface area contributed by atoms with Gasteiger partial charge < -0.3 is 14.4 Å². The smallest absolute Gasteiger partial charge is 0.421 e. The SMILES string of the molecule is CCCCCCOc1ccccc1N(CC)c1nc(OCc2ccccc2)ncc1C(F)(F)F. The summed E-state index contributed by atoms with van der Waals surface area (Å²) in [4.78, 5) is 9.49. The zero-order valence-electron chi connectivity index (χ0n) is 19.5. The lowest BCUT2D eigenvalue weighted by atomic mass is 10.2. The van der Waals surface area contributed by atoms with E-state index in [-0.39, 0.29) is 25.0 Å². The van der Waals surface area contributed by atoms with E-state index in [1.165, 1.54) is 4.90 Å². The summed E-state index contributed by atoms with van der Waals surface area (Å²) in [5.41, 5.74) is 0.444. The molecule has 0 aliphatic carbocycles. The number of rotatable bonds is 12. The molecule has 2 aromatic carbocycles. The zero-order chi connectivity index (χ0) is 24.4. The molecule has 0 amide bonds. The van der Waals surface area contributed by atoms with Crippen molar-refractivity contribution in [2.45, 2.75) is 52.3 Å². The second-order valence-corrected chi connectivity index (χ2v) is 7.78. The van der Waals surface area contributed by atoms with E-state index in [4.69, 9.17) is 9.47 Å². The van der Waals surface area contributed by atoms with Gasteiger partial charge in [-0.2, -0.15) is 18.2 Å². The molecule has 0 radical (unpaired) electrons. The van der Waals surface area contributed by atoms with Gasteiger partial charge in [0, 0.05) is 12.7 Å². The number of aromatic nitrogens is 2. The summed E-state index contributed by atoms with van der Waals surface area (Å²) < 4.78 is 53.2. The van der Waals surface area contributed by atoms with Gasteiger partial charge in [-0.05, 0) is 31.0 Å². The van der Waals surface area contributed by atoms with Crippen molar-refractivity contribution in [1.82, 2.24) is 9.97 Å². The van der Waals surface area contributed by atoms with Crippen LogP contribution in [0.2, 0.25) is 0 Å². The van der Waals surface area contributed by atoms with Gasteiger partial charge in [-0.15, -0.1) is 0 Å². The number of nitrogens with zero attached hydrogens (tertiary/aromatic N) is 3. The fourth-order valence-electron chi connectivity index (χ4n) is 3.50. The number of unbranched alkanes of at least 4 members (excludes halogenated alkanes) is 3. The molecule has 3 aromatic rings. The van der Waals surface area contributed by atoms with Gasteiger partial charge in [0.1, 0.15) is 17.9 Å². The fourth-order valence-corrected chi connectivity index (χ4v) is 3.50. The predicted molar refractivity (Wildman–Crippen MR) is 127 cm³/mol. The highest BCUT2D eigenvalue weighted by atomic mass is 19.4. The third kappa shape index (κ3) is 6.85. The number of benzene rings is 2. The lowest BCUT2D eigenvalue weighted by Gasteiger charge is -2.27. The molecule has 0 bridgehead atoms. The van der Waals surface area contributed by atoms with E-state index in [2.05, 4.69) is 16.9 Å². The molecule has 0 spiro atoms. The van der Waals surface area contributed by atoms with Crippen LogP contribution in [0.4, 0.5) is 24.7 Å². The molecule has 0 saturated heterocycles. The molecule has 0 unspecified atom stereocenters. The largest absolute Gasteiger partial charge is 0.491 e. The van der Waals surface area contributed by atoms with Crippen LogP contribution in [0, 0.1) is 0 Å². The highest BCUT2D eigenvalue weighted by Crippen LogP contribution is 2.40. The van der Waals surface area contributed by atoms with Crippen LogP contribution < -0.4 is 14.4 Å². The van der Waals surface area contributed by atoms with Crippen molar-refractivity contribution >= 4 is 11.5 Å². The van der Waals surface area contributed by atoms with Gasteiger partial charge >= 0.3 is 12.2 Å². The van der Waals surface area contributed by atoms with E-state index >= 15 is 0 Å². The fraction of sp³-hybridized carbons (Fsp3) is 0.385. The monoisotopic (exact) mass is 473 g/mol. The quantitative estimate of drug-likeness (QED) is 0.261. The summed E-state index contributed by atoms with van der Waals surface area (Å²) in [6, 6.07) is 16.2. The summed E-state index contributed by atoms with van der Waals surface area (Å²) in [6.45, 7) is 4.79. The Hall–Kier alpha value is -3.29. The Morgan fingerprint density at radius 1 is 0.882 bits per heavy atom. The first kappa shape index (κ1) is 25.3. The van der Waals surface area contributed by atoms with Crippen LogP contribution in [0.5, 0.6) is 11.8 Å². The number of halogens is 3. The van der Waals surface area contributed by atoms with Crippen molar-refractivity contribution in [3.8, 4) is 11.8 Å². The molecule has 1 aromatic heterocycles. The van der Waals surface area contributed by atoms with E-state index in [1.54, 1.807) is 31.2 Å². The van der Waals surface area contributed by atoms with Crippen molar-refractivity contribution in [3.63, 3.8) is 0 Å². The van der Waals surface area contributed by atoms with Crippen LogP contribution in [0.3, 0.4) is 0 Å². The number of para-hydroxylation sites is 2. The molecular weight excluding hydrogens is 443 g/mol. The molecule has 34 heavy (non-hydrogen) atoms. The van der Waals surface area contributed by atoms with Crippen molar-refractivity contribution in [3.05, 3.63) is 71.9 Å². The molecule has 0 saturated carbocycles. The molecule has 0 aliphatic rings. The number of anilines is 2. The summed E-state index contributed by atoms with van der Waals surface area (Å²) in [5, 5.41) is 0. The summed E-state index contributed by atoms with van der Waals surface area (Å²) in [6.07, 6.45) is 0.308. The number of alkyl halides is 3. The summed E-state index contributed by atoms with van der Waals surface area (Å²) in [7, 11) is 0. The van der Waals surface area contributed by atoms with Gasteiger partial charge in [-0.25, -0.2) is 4.98 Å². The minimum atomic E-state index is -4.63. The molecule has 0 atom stereocenters. The maximum Gasteiger partial charge on any atom is 0.421 e. The summed E-state index contributed by atoms with van der Waals surface area (Å²) in [5.74, 6) is 0.245. The maximum absolute atomic E-state index is 13.9. The third-order valence-electron chi connectivity index (χ3n) is 5.25. The molecule has 0 aliphatic heterocycles. The van der Waals surface area contributed by atoms with Crippen LogP contribution in [0.25, 0.3) is 0 Å². The minimum Gasteiger partial charge on any atom is -0.491 e. The van der Waals surface area contributed by atoms with Crippen molar-refractivity contribution < 1.29 is 22.6 Å². The number of hydrogen-bond donors (Lipinski definition) is 0. The van der Waals surface area contributed by atoms with Gasteiger partial charge in [-0.1, -0.05) is 68.7 Å². The first-order valence-corrected chi connectivity index (χ1v) is 11.5. The number of ether oxygens (including phenoxy) is 2. The Morgan fingerprint density at radius 2 is 1.62 bits per heavy atom. The lowest BCUT2D eigenvalue weighted by molar-refractivity contribution is -0.137. The van der Waals surface area contributed by atoms with E-state index < -0.39 is 11.7 Å². The van der Waals surface area contributed by atoms with Gasteiger partial charge in [0.2, 0.25) is 0 Å². The van der Waals surface area contributed by atoms with Crippen LogP contribution >= 0.6 is 0 Å². The van der Waals surface area contributed by atoms with E-state index in [0.717, 1.165) is 37.4 Å². The predicted octanol–water partition coefficient (Wildman–Crippen LogP) is 7.19. The standard InChI is InChI=1S/C26H30F3N3O2/c1-3-5-6-12-17-33-23-16-11-10-15-22(23)32(4-2)24-21(26(27,28)29)18-30-25(31-24)34-19-20-13-8-7-9-14-20/h7-11,13-16,18H,3-6,12,17,19H2,1-2H3. The highest BCUT2D eigenvalue weighted by molar-refractivity contribution is 5.69. The highest BCUT2D eigenvalue weighted by Gasteiger charge is 2.37. The second-order valence-electron chi connectivity index (χ2n) is 7.78. The first-order chi connectivity index (χ1) is 16.4. The Morgan fingerprint density at radius 3 is 2.32 bits per heavy atom. The second kappa shape index (κ2) is 12.3. The van der Waals surface area contributed by atoms with Crippen molar-refractivity contribution in [2.75, 3.05) is 18.1 Å². The normalized spacial score (nSPS) is 11.3. The Kier molecular flexibility index (Phi) is 9.13. The summed E-state index contributed by atoms with van der Waals surface area (Å²) >= 11 is 0. The van der Waals surface area contributed by atoms with Crippen molar-refractivity contribution in [1.29, 1.82) is 0 Å². The van der Waals surface area contributed by atoms with Crippen LogP contribution in [0.1, 0.15) is 50.7 Å². The number of hydrogen-bond acceptors (Lipinski definition) is 5. The first-order valence-electron chi connectivity index (χ1n) is 11.5. The molecule has 5 nitrogen and oxygen atoms in total. The van der Waals surface area contributed by atoms with Gasteiger partial charge in [0.05, 0.1) is 12.3 Å². The molecule has 0 N–H and O–H groups in total. The van der Waals surface area contributed by atoms with Crippen LogP contribution in [0.15, 0.2) is 60.8 Å². The van der Waals surface area contributed by atoms with Gasteiger partial charge in [0.25, 0.3) is 0 Å². The Bertz CT molecular complexity index is 1030. The molecule has 1 heterocycles. The molecular formula is C26H30F3N3O2. The molecule has 3 rings (SSSR count). The van der Waals surface area contributed by atoms with Crippen LogP contribution in [-0.2, 0) is 12.8 Å². The Labute approximate surface area is 198 Å². The molecule has 182 valence electrons. The maximum atomic E-state index is 13.9. The molecule has 0 fully saturated rings. The van der Waals surface area contributed by atoms with E-state index in [9.17, 15) is 13.2 Å². The zero-order valence-corrected chi connectivity index (χ0v) is 19.5. The lowest BCUT2D eigenvalue weighted by Crippen LogP contribution is -2.23. The average molecular weight is 474 g/mol. The average Bonchev–Trinajstić information content (AvgIpc) is 2.84. The van der Waals surface area contributed by atoms with Crippen LogP contribution in [-0.4, -0.2) is 23.1 Å². The molecule has 8 heteroatoms. The van der Waals surface area contributed by atoms with E-state index in [1.807, 2.05) is 30.3 Å². The van der Waals surface area contributed by atoms with Gasteiger partial charge in [-0.3, -0.25) is 0 Å².